The number of rotatable bonds is 4. The number of hydrogen-bond donors (Lipinski definition) is 0. The smallest absolute Gasteiger partial charge is 0.306 e. The van der Waals surface area contributed by atoms with Gasteiger partial charge in [-0.1, -0.05) is 17.8 Å². The molecule has 86 valence electrons. The Morgan fingerprint density at radius 1 is 1.69 bits per heavy atom. The fourth-order valence-corrected chi connectivity index (χ4v) is 3.40. The van der Waals surface area contributed by atoms with E-state index in [1.807, 2.05) is 18.4 Å². The first-order valence-corrected chi connectivity index (χ1v) is 6.96. The van der Waals surface area contributed by atoms with Crippen LogP contribution in [0, 0.1) is 0 Å². The van der Waals surface area contributed by atoms with Gasteiger partial charge >= 0.3 is 5.97 Å². The maximum Gasteiger partial charge on any atom is 0.306 e. The molecule has 0 aromatic carbocycles. The van der Waals surface area contributed by atoms with E-state index in [2.05, 4.69) is 11.1 Å². The van der Waals surface area contributed by atoms with Crippen molar-refractivity contribution >= 4 is 34.1 Å². The molecule has 0 bridgehead atoms. The highest BCUT2D eigenvalue weighted by Gasteiger charge is 2.24. The molecule has 2 rings (SSSR count). The minimum absolute atomic E-state index is 0.123. The van der Waals surface area contributed by atoms with E-state index in [-0.39, 0.29) is 11.2 Å². The van der Waals surface area contributed by atoms with Crippen LogP contribution in [0.15, 0.2) is 22.5 Å². The molecule has 1 aliphatic rings. The third-order valence-corrected chi connectivity index (χ3v) is 4.38. The molecule has 0 amide bonds. The molecular weight excluding hydrogens is 242 g/mol. The number of carbonyl (C=O) groups excluding carboxylic acids is 1. The van der Waals surface area contributed by atoms with E-state index in [0.29, 0.717) is 13.0 Å². The average molecular weight is 255 g/mol. The molecule has 16 heavy (non-hydrogen) atoms. The molecule has 5 heteroatoms. The van der Waals surface area contributed by atoms with Crippen LogP contribution in [0.3, 0.4) is 0 Å². The van der Waals surface area contributed by atoms with Gasteiger partial charge in [0.25, 0.3) is 0 Å². The molecule has 0 saturated heterocycles. The molecule has 1 atom stereocenters. The standard InChI is InChI=1S/C11H13NO2S2/c1-2-14-10(13)6-8-7-12-11(16-8)9-4-3-5-15-9/h3-5,8H,2,6-7H2,1H3. The van der Waals surface area contributed by atoms with E-state index in [9.17, 15) is 4.79 Å². The van der Waals surface area contributed by atoms with Crippen molar-refractivity contribution in [3.05, 3.63) is 22.4 Å². The van der Waals surface area contributed by atoms with Crippen LogP contribution in [0.25, 0.3) is 0 Å². The van der Waals surface area contributed by atoms with E-state index < -0.39 is 0 Å². The van der Waals surface area contributed by atoms with Gasteiger partial charge in [0, 0.05) is 5.25 Å². The molecule has 3 nitrogen and oxygen atoms in total. The number of thiophene rings is 1. The fourth-order valence-electron chi connectivity index (χ4n) is 1.47. The van der Waals surface area contributed by atoms with Gasteiger partial charge in [0.2, 0.25) is 0 Å². The van der Waals surface area contributed by atoms with Crippen molar-refractivity contribution in [1.82, 2.24) is 0 Å². The largest absolute Gasteiger partial charge is 0.466 e. The molecule has 0 saturated carbocycles. The van der Waals surface area contributed by atoms with E-state index in [0.717, 1.165) is 11.6 Å². The zero-order valence-corrected chi connectivity index (χ0v) is 10.6. The van der Waals surface area contributed by atoms with Crippen molar-refractivity contribution in [2.45, 2.75) is 18.6 Å². The lowest BCUT2D eigenvalue weighted by molar-refractivity contribution is -0.143. The second-order valence-electron chi connectivity index (χ2n) is 3.37. The minimum atomic E-state index is -0.123. The summed E-state index contributed by atoms with van der Waals surface area (Å²) in [5, 5.41) is 3.34. The summed E-state index contributed by atoms with van der Waals surface area (Å²) in [6.07, 6.45) is 0.455. The first kappa shape index (κ1) is 11.7. The highest BCUT2D eigenvalue weighted by atomic mass is 32.2. The summed E-state index contributed by atoms with van der Waals surface area (Å²) >= 11 is 3.37. The van der Waals surface area contributed by atoms with Gasteiger partial charge in [-0.2, -0.15) is 0 Å². The predicted molar refractivity (Wildman–Crippen MR) is 68.4 cm³/mol. The molecule has 1 unspecified atom stereocenters. The number of nitrogens with zero attached hydrogens (tertiary/aromatic N) is 1. The topological polar surface area (TPSA) is 38.7 Å². The Kier molecular flexibility index (Phi) is 4.01. The van der Waals surface area contributed by atoms with Crippen LogP contribution >= 0.6 is 23.1 Å². The Morgan fingerprint density at radius 2 is 2.56 bits per heavy atom. The molecule has 0 N–H and O–H groups in total. The van der Waals surface area contributed by atoms with E-state index in [1.165, 1.54) is 4.88 Å². The number of aliphatic imine (C=N–C) groups is 1. The number of esters is 1. The van der Waals surface area contributed by atoms with Crippen molar-refractivity contribution in [2.75, 3.05) is 13.2 Å². The van der Waals surface area contributed by atoms with Crippen molar-refractivity contribution < 1.29 is 9.53 Å². The minimum Gasteiger partial charge on any atom is -0.466 e. The van der Waals surface area contributed by atoms with Crippen LogP contribution in [0.2, 0.25) is 0 Å². The molecule has 1 aromatic heterocycles. The first-order chi connectivity index (χ1) is 7.79. The Hall–Kier alpha value is -0.810. The lowest BCUT2D eigenvalue weighted by Crippen LogP contribution is -2.13. The number of carbonyl (C=O) groups is 1. The number of thioether (sulfide) groups is 1. The van der Waals surface area contributed by atoms with Crippen LogP contribution < -0.4 is 0 Å². The quantitative estimate of drug-likeness (QED) is 0.776. The fraction of sp³-hybridized carbons (Fsp3) is 0.455. The van der Waals surface area contributed by atoms with Gasteiger partial charge in [-0.25, -0.2) is 0 Å². The van der Waals surface area contributed by atoms with Crippen molar-refractivity contribution in [3.8, 4) is 0 Å². The molecule has 1 aliphatic heterocycles. The zero-order valence-electron chi connectivity index (χ0n) is 9.01. The number of hydrogen-bond acceptors (Lipinski definition) is 5. The number of ether oxygens (including phenoxy) is 1. The van der Waals surface area contributed by atoms with E-state index in [4.69, 9.17) is 4.74 Å². The van der Waals surface area contributed by atoms with Gasteiger partial charge in [-0.15, -0.1) is 11.3 Å². The zero-order chi connectivity index (χ0) is 11.4. The van der Waals surface area contributed by atoms with Gasteiger partial charge in [-0.05, 0) is 18.4 Å². The molecular formula is C11H13NO2S2. The molecule has 0 spiro atoms. The first-order valence-electron chi connectivity index (χ1n) is 5.20. The van der Waals surface area contributed by atoms with E-state index in [1.54, 1.807) is 23.1 Å². The van der Waals surface area contributed by atoms with Gasteiger partial charge in [-0.3, -0.25) is 9.79 Å². The van der Waals surface area contributed by atoms with Crippen LogP contribution in [-0.2, 0) is 9.53 Å². The highest BCUT2D eigenvalue weighted by Crippen LogP contribution is 2.29. The molecule has 0 fully saturated rings. The van der Waals surface area contributed by atoms with Crippen molar-refractivity contribution in [1.29, 1.82) is 0 Å². The van der Waals surface area contributed by atoms with Crippen LogP contribution in [0.1, 0.15) is 18.2 Å². The normalized spacial score (nSPS) is 19.6. The molecule has 0 aliphatic carbocycles. The third-order valence-electron chi connectivity index (χ3n) is 2.15. The van der Waals surface area contributed by atoms with Gasteiger partial charge < -0.3 is 4.74 Å². The average Bonchev–Trinajstić information content (AvgIpc) is 2.86. The Labute approximate surface area is 103 Å². The maximum absolute atomic E-state index is 11.3. The maximum atomic E-state index is 11.3. The van der Waals surface area contributed by atoms with E-state index >= 15 is 0 Å². The molecule has 0 radical (unpaired) electrons. The summed E-state index contributed by atoms with van der Waals surface area (Å²) in [4.78, 5) is 17.0. The summed E-state index contributed by atoms with van der Waals surface area (Å²) in [7, 11) is 0. The molecule has 1 aromatic rings. The van der Waals surface area contributed by atoms with Gasteiger partial charge in [0.05, 0.1) is 24.4 Å². The summed E-state index contributed by atoms with van der Waals surface area (Å²) < 4.78 is 4.93. The predicted octanol–water partition coefficient (Wildman–Crippen LogP) is 2.56. The summed E-state index contributed by atoms with van der Waals surface area (Å²) in [6, 6.07) is 4.07. The summed E-state index contributed by atoms with van der Waals surface area (Å²) in [6.45, 7) is 3.00. The lowest BCUT2D eigenvalue weighted by Gasteiger charge is -2.06. The second-order valence-corrected chi connectivity index (χ2v) is 5.61. The Balaban J connectivity index is 1.85. The summed E-state index contributed by atoms with van der Waals surface area (Å²) in [5.74, 6) is -0.123. The monoisotopic (exact) mass is 255 g/mol. The van der Waals surface area contributed by atoms with Gasteiger partial charge in [0.15, 0.2) is 0 Å². The van der Waals surface area contributed by atoms with Crippen LogP contribution in [-0.4, -0.2) is 29.4 Å². The van der Waals surface area contributed by atoms with Gasteiger partial charge in [0.1, 0.15) is 5.04 Å². The van der Waals surface area contributed by atoms with Crippen LogP contribution in [0.4, 0.5) is 0 Å². The van der Waals surface area contributed by atoms with Crippen molar-refractivity contribution in [2.24, 2.45) is 4.99 Å². The Bertz CT molecular complexity index is 387. The SMILES string of the molecule is CCOC(=O)CC1CN=C(c2cccs2)S1. The lowest BCUT2D eigenvalue weighted by atomic mass is 10.3. The second kappa shape index (κ2) is 5.50. The third kappa shape index (κ3) is 2.86. The van der Waals surface area contributed by atoms with Crippen LogP contribution in [0.5, 0.6) is 0 Å². The highest BCUT2D eigenvalue weighted by molar-refractivity contribution is 8.15. The Morgan fingerprint density at radius 3 is 3.25 bits per heavy atom. The van der Waals surface area contributed by atoms with Crippen molar-refractivity contribution in [3.63, 3.8) is 0 Å². The molecule has 2 heterocycles. The summed E-state index contributed by atoms with van der Waals surface area (Å²) in [5.41, 5.74) is 0.